The summed E-state index contributed by atoms with van der Waals surface area (Å²) in [7, 11) is 2.94. The first-order valence-corrected chi connectivity index (χ1v) is 14.0. The molecule has 2 amide bonds. The molecule has 6 rings (SSSR count). The lowest BCUT2D eigenvalue weighted by Crippen LogP contribution is -2.53. The third-order valence-corrected chi connectivity index (χ3v) is 8.42. The van der Waals surface area contributed by atoms with Crippen LogP contribution in [-0.2, 0) is 30.2 Å². The number of aromatic nitrogens is 4. The highest BCUT2D eigenvalue weighted by atomic mass is 35.5. The highest BCUT2D eigenvalue weighted by Gasteiger charge is 2.44. The maximum absolute atomic E-state index is 14.7. The SMILES string of the molecule is Cc1ccc(Cl)cc1N1C(=O)CC(N2CCN(c3nc4c(c(=O)n(C)c(=O)n4C)n3Cc3ccccc3F)CC2)C1=O. The van der Waals surface area contributed by atoms with Gasteiger partial charge in [-0.3, -0.25) is 33.0 Å². The maximum Gasteiger partial charge on any atom is 0.332 e. The van der Waals surface area contributed by atoms with E-state index in [0.717, 1.165) is 10.1 Å². The molecule has 2 fully saturated rings. The average molecular weight is 594 g/mol. The van der Waals surface area contributed by atoms with Crippen molar-refractivity contribution in [3.63, 3.8) is 0 Å². The molecule has 2 aliphatic heterocycles. The third-order valence-electron chi connectivity index (χ3n) is 8.19. The number of rotatable bonds is 5. The fraction of sp³-hybridized carbons (Fsp3) is 0.345. The number of piperazine rings is 1. The number of amides is 2. The summed E-state index contributed by atoms with van der Waals surface area (Å²) in [5.74, 6) is -0.553. The summed E-state index contributed by atoms with van der Waals surface area (Å²) in [4.78, 5) is 62.2. The van der Waals surface area contributed by atoms with Crippen molar-refractivity contribution in [1.29, 1.82) is 0 Å². The number of imidazole rings is 1. The molecule has 0 N–H and O–H groups in total. The lowest BCUT2D eigenvalue weighted by Gasteiger charge is -2.37. The summed E-state index contributed by atoms with van der Waals surface area (Å²) < 4.78 is 18.7. The molecule has 2 aromatic heterocycles. The van der Waals surface area contributed by atoms with Gasteiger partial charge in [-0.2, -0.15) is 4.98 Å². The second-order valence-electron chi connectivity index (χ2n) is 10.7. The number of anilines is 2. The van der Waals surface area contributed by atoms with E-state index in [0.29, 0.717) is 48.4 Å². The van der Waals surface area contributed by atoms with Crippen LogP contribution in [0.4, 0.5) is 16.0 Å². The number of hydrogen-bond donors (Lipinski definition) is 0. The predicted molar refractivity (Wildman–Crippen MR) is 157 cm³/mol. The van der Waals surface area contributed by atoms with Crippen molar-refractivity contribution in [3.05, 3.63) is 85.3 Å². The molecule has 4 aromatic rings. The first-order chi connectivity index (χ1) is 20.1. The molecule has 4 heterocycles. The fourth-order valence-corrected chi connectivity index (χ4v) is 6.00. The number of fused-ring (bicyclic) bond motifs is 1. The molecular formula is C29H29ClFN7O4. The van der Waals surface area contributed by atoms with Crippen LogP contribution in [0.3, 0.4) is 0 Å². The van der Waals surface area contributed by atoms with Gasteiger partial charge in [0.05, 0.1) is 24.7 Å². The van der Waals surface area contributed by atoms with E-state index in [2.05, 4.69) is 0 Å². The van der Waals surface area contributed by atoms with Gasteiger partial charge in [0.2, 0.25) is 11.9 Å². The number of carbonyl (C=O) groups is 2. The minimum absolute atomic E-state index is 0.0374. The smallest absolute Gasteiger partial charge is 0.332 e. The van der Waals surface area contributed by atoms with Crippen LogP contribution in [0.5, 0.6) is 0 Å². The van der Waals surface area contributed by atoms with Crippen LogP contribution >= 0.6 is 11.6 Å². The van der Waals surface area contributed by atoms with Crippen LogP contribution in [-0.4, -0.2) is 67.6 Å². The van der Waals surface area contributed by atoms with Gasteiger partial charge in [0, 0.05) is 50.9 Å². The quantitative estimate of drug-likeness (QED) is 0.326. The Labute approximate surface area is 244 Å². The topological polar surface area (TPSA) is 106 Å². The number of imide groups is 1. The van der Waals surface area contributed by atoms with Crippen molar-refractivity contribution >= 4 is 46.2 Å². The van der Waals surface area contributed by atoms with Gasteiger partial charge in [-0.1, -0.05) is 35.9 Å². The van der Waals surface area contributed by atoms with Crippen molar-refractivity contribution in [2.24, 2.45) is 14.1 Å². The van der Waals surface area contributed by atoms with E-state index >= 15 is 0 Å². The number of carbonyl (C=O) groups excluding carboxylic acids is 2. The van der Waals surface area contributed by atoms with Gasteiger partial charge in [0.1, 0.15) is 5.82 Å². The molecule has 0 saturated carbocycles. The average Bonchev–Trinajstić information content (AvgIpc) is 3.50. The van der Waals surface area contributed by atoms with Gasteiger partial charge in [-0.15, -0.1) is 0 Å². The number of benzene rings is 2. The van der Waals surface area contributed by atoms with E-state index in [1.165, 1.54) is 22.6 Å². The van der Waals surface area contributed by atoms with Crippen LogP contribution in [0.25, 0.3) is 11.2 Å². The maximum atomic E-state index is 14.7. The van der Waals surface area contributed by atoms with Gasteiger partial charge in [0.15, 0.2) is 11.2 Å². The number of halogens is 2. The summed E-state index contributed by atoms with van der Waals surface area (Å²) in [5.41, 5.74) is 1.02. The Balaban J connectivity index is 1.30. The van der Waals surface area contributed by atoms with E-state index < -0.39 is 23.1 Å². The zero-order chi connectivity index (χ0) is 29.9. The third kappa shape index (κ3) is 4.51. The summed E-state index contributed by atoms with van der Waals surface area (Å²) in [5, 5.41) is 0.443. The zero-order valence-corrected chi connectivity index (χ0v) is 24.1. The largest absolute Gasteiger partial charge is 0.340 e. The van der Waals surface area contributed by atoms with Crippen molar-refractivity contribution in [1.82, 2.24) is 23.6 Å². The Kier molecular flexibility index (Phi) is 6.98. The molecule has 13 heteroatoms. The normalized spacial score (nSPS) is 18.1. The Morgan fingerprint density at radius 3 is 2.40 bits per heavy atom. The van der Waals surface area contributed by atoms with Crippen molar-refractivity contribution in [2.45, 2.75) is 25.9 Å². The highest BCUT2D eigenvalue weighted by Crippen LogP contribution is 2.31. The Bertz CT molecular complexity index is 1870. The zero-order valence-electron chi connectivity index (χ0n) is 23.4. The molecule has 0 radical (unpaired) electrons. The second kappa shape index (κ2) is 10.5. The Hall–Kier alpha value is -4.29. The lowest BCUT2D eigenvalue weighted by atomic mass is 10.1. The van der Waals surface area contributed by atoms with Crippen LogP contribution in [0.2, 0.25) is 5.02 Å². The first-order valence-electron chi connectivity index (χ1n) is 13.6. The van der Waals surface area contributed by atoms with E-state index in [4.69, 9.17) is 16.6 Å². The minimum atomic E-state index is -0.608. The Morgan fingerprint density at radius 2 is 1.69 bits per heavy atom. The van der Waals surface area contributed by atoms with E-state index in [1.807, 2.05) is 16.7 Å². The first kappa shape index (κ1) is 27.9. The van der Waals surface area contributed by atoms with Crippen molar-refractivity contribution in [2.75, 3.05) is 36.0 Å². The molecule has 11 nitrogen and oxygen atoms in total. The molecule has 2 aromatic carbocycles. The number of nitrogens with zero attached hydrogens (tertiary/aromatic N) is 7. The molecule has 1 atom stereocenters. The molecule has 0 aliphatic carbocycles. The minimum Gasteiger partial charge on any atom is -0.340 e. The van der Waals surface area contributed by atoms with Crippen LogP contribution in [0.1, 0.15) is 17.5 Å². The summed E-state index contributed by atoms with van der Waals surface area (Å²) >= 11 is 6.15. The second-order valence-corrected chi connectivity index (χ2v) is 11.1. The van der Waals surface area contributed by atoms with Crippen LogP contribution in [0, 0.1) is 12.7 Å². The molecule has 2 saturated heterocycles. The number of aryl methyl sites for hydroxylation is 2. The van der Waals surface area contributed by atoms with Gasteiger partial charge in [-0.25, -0.2) is 14.1 Å². The molecule has 0 bridgehead atoms. The lowest BCUT2D eigenvalue weighted by molar-refractivity contribution is -0.123. The predicted octanol–water partition coefficient (Wildman–Crippen LogP) is 2.04. The molecule has 2 aliphatic rings. The van der Waals surface area contributed by atoms with E-state index in [1.54, 1.807) is 48.0 Å². The summed E-state index contributed by atoms with van der Waals surface area (Å²) in [6, 6.07) is 10.8. The van der Waals surface area contributed by atoms with Gasteiger partial charge in [0.25, 0.3) is 11.5 Å². The van der Waals surface area contributed by atoms with Gasteiger partial charge in [-0.05, 0) is 30.7 Å². The van der Waals surface area contributed by atoms with Gasteiger partial charge < -0.3 is 4.90 Å². The molecule has 1 unspecified atom stereocenters. The summed E-state index contributed by atoms with van der Waals surface area (Å²) in [6.07, 6.45) is 0.0642. The monoisotopic (exact) mass is 593 g/mol. The highest BCUT2D eigenvalue weighted by molar-refractivity contribution is 6.31. The molecular weight excluding hydrogens is 565 g/mol. The van der Waals surface area contributed by atoms with E-state index in [-0.39, 0.29) is 35.9 Å². The summed E-state index contributed by atoms with van der Waals surface area (Å²) in [6.45, 7) is 3.63. The van der Waals surface area contributed by atoms with Crippen molar-refractivity contribution in [3.8, 4) is 0 Å². The van der Waals surface area contributed by atoms with E-state index in [9.17, 15) is 23.6 Å². The molecule has 42 heavy (non-hydrogen) atoms. The molecule has 218 valence electrons. The Morgan fingerprint density at radius 1 is 0.976 bits per heavy atom. The fourth-order valence-electron chi connectivity index (χ4n) is 5.83. The number of hydrogen-bond acceptors (Lipinski definition) is 7. The van der Waals surface area contributed by atoms with Crippen LogP contribution < -0.4 is 21.0 Å². The van der Waals surface area contributed by atoms with Crippen LogP contribution in [0.15, 0.2) is 52.1 Å². The molecule has 0 spiro atoms. The van der Waals surface area contributed by atoms with Crippen molar-refractivity contribution < 1.29 is 14.0 Å². The standard InChI is InChI=1S/C29H29ClFN7O4/c1-17-8-9-19(30)14-21(17)38-23(39)15-22(26(38)40)35-10-12-36(13-11-35)28-32-25-24(27(41)34(3)29(42)33(25)2)37(28)16-18-6-4-5-7-20(18)31/h4-9,14,22H,10-13,15-16H2,1-3H3. The van der Waals surface area contributed by atoms with Gasteiger partial charge >= 0.3 is 5.69 Å².